The van der Waals surface area contributed by atoms with Crippen molar-refractivity contribution < 1.29 is 4.79 Å². The number of fused-ring (bicyclic) bond motifs is 3. The lowest BCUT2D eigenvalue weighted by molar-refractivity contribution is 0.0970. The number of Topliss-reactive ketones (excluding diaryl/α,β-unsaturated/α-hetero) is 1. The summed E-state index contributed by atoms with van der Waals surface area (Å²) < 4.78 is 1.81. The van der Waals surface area contributed by atoms with Crippen molar-refractivity contribution in [1.82, 2.24) is 9.78 Å². The van der Waals surface area contributed by atoms with Gasteiger partial charge in [-0.3, -0.25) is 4.79 Å². The Morgan fingerprint density at radius 2 is 1.70 bits per heavy atom. The van der Waals surface area contributed by atoms with Crippen LogP contribution < -0.4 is 5.32 Å². The molecule has 5 nitrogen and oxygen atoms in total. The van der Waals surface area contributed by atoms with Crippen LogP contribution in [0.5, 0.6) is 0 Å². The first-order chi connectivity index (χ1) is 16.2. The van der Waals surface area contributed by atoms with Crippen LogP contribution in [0, 0.1) is 17.2 Å². The van der Waals surface area contributed by atoms with Gasteiger partial charge >= 0.3 is 0 Å². The van der Waals surface area contributed by atoms with E-state index in [1.807, 2.05) is 83.5 Å². The molecule has 1 unspecified atom stereocenters. The number of anilines is 1. The Morgan fingerprint density at radius 1 is 1.03 bits per heavy atom. The van der Waals surface area contributed by atoms with Crippen LogP contribution in [-0.4, -0.2) is 20.6 Å². The van der Waals surface area contributed by atoms with Crippen molar-refractivity contribution >= 4 is 40.4 Å². The molecule has 0 bridgehead atoms. The maximum atomic E-state index is 13.6. The van der Waals surface area contributed by atoms with Gasteiger partial charge in [0, 0.05) is 27.5 Å². The Labute approximate surface area is 201 Å². The number of hydrogen-bond acceptors (Lipinski definition) is 5. The van der Waals surface area contributed by atoms with Crippen molar-refractivity contribution in [2.45, 2.75) is 10.6 Å². The van der Waals surface area contributed by atoms with Crippen molar-refractivity contribution in [3.8, 4) is 23.0 Å². The van der Waals surface area contributed by atoms with Gasteiger partial charge in [-0.15, -0.1) is 11.8 Å². The second kappa shape index (κ2) is 9.02. The summed E-state index contributed by atoms with van der Waals surface area (Å²) in [6.07, 6.45) is 0. The van der Waals surface area contributed by atoms with Gasteiger partial charge in [0.15, 0.2) is 5.92 Å². The topological polar surface area (TPSA) is 70.7 Å². The van der Waals surface area contributed by atoms with E-state index in [0.717, 1.165) is 33.1 Å². The Balaban J connectivity index is 1.59. The Kier molecular flexibility index (Phi) is 5.78. The average Bonchev–Trinajstić information content (AvgIpc) is 3.26. The van der Waals surface area contributed by atoms with Crippen molar-refractivity contribution in [2.75, 3.05) is 5.32 Å². The first kappa shape index (κ1) is 21.1. The van der Waals surface area contributed by atoms with Gasteiger partial charge in [-0.25, -0.2) is 4.68 Å². The van der Waals surface area contributed by atoms with E-state index in [-0.39, 0.29) is 4.99 Å². The summed E-state index contributed by atoms with van der Waals surface area (Å²) in [5.74, 6) is -0.931. The van der Waals surface area contributed by atoms with Gasteiger partial charge in [0.25, 0.3) is 0 Å². The number of rotatable bonds is 5. The van der Waals surface area contributed by atoms with Crippen LogP contribution in [0.4, 0.5) is 5.69 Å². The van der Waals surface area contributed by atoms with E-state index in [9.17, 15) is 10.1 Å². The smallest absolute Gasteiger partial charge is 0.207 e. The highest BCUT2D eigenvalue weighted by molar-refractivity contribution is 7.98. The monoisotopic (exact) mass is 466 g/mol. The minimum Gasteiger partial charge on any atom is -0.349 e. The van der Waals surface area contributed by atoms with E-state index in [1.54, 1.807) is 11.8 Å². The van der Waals surface area contributed by atoms with Crippen LogP contribution in [0.2, 0.25) is 0 Å². The lowest BCUT2D eigenvalue weighted by atomic mass is 9.97. The molecule has 160 valence electrons. The van der Waals surface area contributed by atoms with Crippen LogP contribution in [0.3, 0.4) is 0 Å². The third-order valence-electron chi connectivity index (χ3n) is 5.43. The third kappa shape index (κ3) is 3.95. The van der Waals surface area contributed by atoms with E-state index in [0.29, 0.717) is 11.4 Å². The summed E-state index contributed by atoms with van der Waals surface area (Å²) >= 11 is 7.12. The van der Waals surface area contributed by atoms with Gasteiger partial charge in [0.05, 0.1) is 17.5 Å². The molecular weight excluding hydrogens is 448 g/mol. The van der Waals surface area contributed by atoms with Crippen LogP contribution in [0.25, 0.3) is 16.9 Å². The van der Waals surface area contributed by atoms with Crippen molar-refractivity contribution in [3.63, 3.8) is 0 Å². The summed E-state index contributed by atoms with van der Waals surface area (Å²) in [5.41, 5.74) is 4.62. The summed E-state index contributed by atoms with van der Waals surface area (Å²) in [7, 11) is 0. The van der Waals surface area contributed by atoms with Crippen LogP contribution >= 0.6 is 24.0 Å². The summed E-state index contributed by atoms with van der Waals surface area (Å²) in [6, 6.07) is 29.2. The highest BCUT2D eigenvalue weighted by Gasteiger charge is 2.34. The van der Waals surface area contributed by atoms with Gasteiger partial charge in [-0.2, -0.15) is 10.4 Å². The van der Waals surface area contributed by atoms with Gasteiger partial charge in [-0.1, -0.05) is 66.8 Å². The molecule has 2 heterocycles. The van der Waals surface area contributed by atoms with E-state index in [4.69, 9.17) is 17.3 Å². The molecule has 0 spiro atoms. The highest BCUT2D eigenvalue weighted by Crippen LogP contribution is 2.44. The van der Waals surface area contributed by atoms with E-state index >= 15 is 0 Å². The molecule has 0 aliphatic carbocycles. The number of carbonyl (C=O) groups excluding carboxylic acids is 1. The molecule has 5 rings (SSSR count). The fourth-order valence-electron chi connectivity index (χ4n) is 3.86. The number of benzene rings is 3. The molecule has 0 radical (unpaired) electrons. The summed E-state index contributed by atoms with van der Waals surface area (Å²) in [4.78, 5) is 14.9. The minimum atomic E-state index is -1.13. The predicted molar refractivity (Wildman–Crippen MR) is 135 cm³/mol. The molecule has 0 saturated carbocycles. The lowest BCUT2D eigenvalue weighted by Crippen LogP contribution is -2.28. The first-order valence-electron chi connectivity index (χ1n) is 10.4. The molecular formula is C26H18N4OS2. The first-order valence-corrected chi connectivity index (χ1v) is 11.8. The zero-order valence-corrected chi connectivity index (χ0v) is 19.1. The molecule has 1 aliphatic rings. The number of nitrogens with one attached hydrogen (secondary N) is 1. The second-order valence-corrected chi connectivity index (χ2v) is 8.95. The largest absolute Gasteiger partial charge is 0.349 e. The van der Waals surface area contributed by atoms with Gasteiger partial charge < -0.3 is 5.32 Å². The normalized spacial score (nSPS) is 12.7. The standard InChI is InChI=1S/C26H18N4OS2/c27-15-20(26(32)28-17-9-3-1-4-10-17)25(31)23-21-16-33-22-14-8-7-13-19(22)24(21)30(29-23)18-11-5-2-6-12-18/h1-14,20H,16H2,(H,28,32). The molecule has 1 N–H and O–H groups in total. The zero-order chi connectivity index (χ0) is 22.8. The Morgan fingerprint density at radius 3 is 2.42 bits per heavy atom. The third-order valence-corrected chi connectivity index (χ3v) is 6.86. The SMILES string of the molecule is N#CC(C(=O)c1nn(-c2ccccc2)c2c1CSc1ccccc1-2)C(=S)Nc1ccccc1. The molecule has 1 atom stereocenters. The molecule has 0 amide bonds. The number of nitriles is 1. The number of carbonyl (C=O) groups is 1. The Hall–Kier alpha value is -3.73. The molecule has 0 fully saturated rings. The number of hydrogen-bond donors (Lipinski definition) is 1. The molecule has 0 saturated heterocycles. The van der Waals surface area contributed by atoms with Gasteiger partial charge in [-0.05, 0) is 30.3 Å². The lowest BCUT2D eigenvalue weighted by Gasteiger charge is -2.18. The number of aromatic nitrogens is 2. The molecule has 4 aromatic rings. The van der Waals surface area contributed by atoms with Crippen LogP contribution in [0.1, 0.15) is 16.1 Å². The number of nitrogens with zero attached hydrogens (tertiary/aromatic N) is 3. The molecule has 1 aliphatic heterocycles. The van der Waals surface area contributed by atoms with E-state index in [2.05, 4.69) is 17.5 Å². The predicted octanol–water partition coefficient (Wildman–Crippen LogP) is 5.91. The highest BCUT2D eigenvalue weighted by atomic mass is 32.2. The fraction of sp³-hybridized carbons (Fsp3) is 0.0769. The number of thioether (sulfide) groups is 1. The van der Waals surface area contributed by atoms with Crippen LogP contribution in [-0.2, 0) is 5.75 Å². The number of ketones is 1. The maximum Gasteiger partial charge on any atom is 0.207 e. The zero-order valence-electron chi connectivity index (χ0n) is 17.4. The summed E-state index contributed by atoms with van der Waals surface area (Å²) in [6.45, 7) is 0. The minimum absolute atomic E-state index is 0.167. The quantitative estimate of drug-likeness (QED) is 0.291. The molecule has 3 aromatic carbocycles. The Bertz CT molecular complexity index is 1390. The fourth-order valence-corrected chi connectivity index (χ4v) is 5.21. The maximum absolute atomic E-state index is 13.6. The van der Waals surface area contributed by atoms with E-state index in [1.165, 1.54) is 0 Å². The molecule has 7 heteroatoms. The van der Waals surface area contributed by atoms with Crippen molar-refractivity contribution in [3.05, 3.63) is 96.2 Å². The number of para-hydroxylation sites is 2. The van der Waals surface area contributed by atoms with E-state index < -0.39 is 11.7 Å². The van der Waals surface area contributed by atoms with Crippen molar-refractivity contribution in [2.24, 2.45) is 5.92 Å². The van der Waals surface area contributed by atoms with Crippen molar-refractivity contribution in [1.29, 1.82) is 5.26 Å². The van der Waals surface area contributed by atoms with Gasteiger partial charge in [0.2, 0.25) is 5.78 Å². The summed E-state index contributed by atoms with van der Waals surface area (Å²) in [5, 5.41) is 17.6. The second-order valence-electron chi connectivity index (χ2n) is 7.49. The number of thiocarbonyl (C=S) groups is 1. The van der Waals surface area contributed by atoms with Gasteiger partial charge in [0.1, 0.15) is 10.7 Å². The van der Waals surface area contributed by atoms with Crippen LogP contribution in [0.15, 0.2) is 89.8 Å². The molecule has 1 aromatic heterocycles. The molecule has 33 heavy (non-hydrogen) atoms. The average molecular weight is 467 g/mol.